The third-order valence-electron chi connectivity index (χ3n) is 8.57. The molecule has 26 heavy (non-hydrogen) atoms. The first-order chi connectivity index (χ1) is 12.2. The third-order valence-corrected chi connectivity index (χ3v) is 8.57. The number of hydrogen-bond donors (Lipinski definition) is 2. The van der Waals surface area contributed by atoms with Gasteiger partial charge in [-0.3, -0.25) is 4.79 Å². The van der Waals surface area contributed by atoms with E-state index < -0.39 is 23.1 Å². The number of aliphatic hydroxyl groups is 2. The molecule has 5 heteroatoms. The van der Waals surface area contributed by atoms with E-state index in [0.29, 0.717) is 19.3 Å². The van der Waals surface area contributed by atoms with Crippen LogP contribution in [-0.2, 0) is 14.3 Å². The van der Waals surface area contributed by atoms with Crippen molar-refractivity contribution in [1.29, 1.82) is 0 Å². The fourth-order valence-corrected chi connectivity index (χ4v) is 7.20. The number of aliphatic hydroxyl groups excluding tert-OH is 1. The predicted octanol–water partition coefficient (Wildman–Crippen LogP) is 2.39. The van der Waals surface area contributed by atoms with Gasteiger partial charge in [0, 0.05) is 11.8 Å². The normalized spacial score (nSPS) is 50.3. The smallest absolute Gasteiger partial charge is 0.338 e. The van der Waals surface area contributed by atoms with E-state index in [0.717, 1.165) is 25.7 Å². The lowest BCUT2D eigenvalue weighted by Crippen LogP contribution is -2.61. The van der Waals surface area contributed by atoms with E-state index in [1.807, 2.05) is 13.0 Å². The standard InChI is InChI=1S/C21H30O5/c1-19-8-6-13(22)10-12(19)4-5-14-15-7-9-21(25,18(24)26-3)20(15,2)11-16(23)17(14)19/h10,14-17,23,25H,4-9,11H2,1-3H3/t14?,15?,16-,17?,19-,20-,21-/m0/s1. The van der Waals surface area contributed by atoms with Crippen LogP contribution in [0.5, 0.6) is 0 Å². The molecule has 0 amide bonds. The first-order valence-electron chi connectivity index (χ1n) is 9.90. The Balaban J connectivity index is 1.74. The van der Waals surface area contributed by atoms with Crippen molar-refractivity contribution < 1.29 is 24.5 Å². The molecule has 0 spiro atoms. The van der Waals surface area contributed by atoms with Crippen molar-refractivity contribution in [2.45, 2.75) is 70.5 Å². The van der Waals surface area contributed by atoms with Crippen LogP contribution in [0.15, 0.2) is 11.6 Å². The maximum atomic E-state index is 12.4. The lowest BCUT2D eigenvalue weighted by molar-refractivity contribution is -0.197. The summed E-state index contributed by atoms with van der Waals surface area (Å²) in [6.45, 7) is 4.16. The zero-order valence-corrected chi connectivity index (χ0v) is 16.0. The molecule has 0 saturated heterocycles. The quantitative estimate of drug-likeness (QED) is 0.700. The summed E-state index contributed by atoms with van der Waals surface area (Å²) in [5.74, 6) is 0.175. The van der Waals surface area contributed by atoms with E-state index in [1.165, 1.54) is 12.7 Å². The van der Waals surface area contributed by atoms with E-state index in [4.69, 9.17) is 4.74 Å². The van der Waals surface area contributed by atoms with Gasteiger partial charge >= 0.3 is 5.97 Å². The van der Waals surface area contributed by atoms with Crippen LogP contribution in [0.4, 0.5) is 0 Å². The summed E-state index contributed by atoms with van der Waals surface area (Å²) in [6, 6.07) is 0. The number of hydrogen-bond acceptors (Lipinski definition) is 5. The minimum atomic E-state index is -1.52. The molecule has 4 rings (SSSR count). The van der Waals surface area contributed by atoms with Gasteiger partial charge in [-0.1, -0.05) is 19.4 Å². The fourth-order valence-electron chi connectivity index (χ4n) is 7.20. The highest BCUT2D eigenvalue weighted by Gasteiger charge is 2.69. The molecule has 2 N–H and O–H groups in total. The SMILES string of the molecule is COC(=O)[C@@]1(O)CCC2C3CCC4=CC(=O)CC[C@]4(C)C3[C@@H](O)C[C@@]21C. The van der Waals surface area contributed by atoms with Crippen LogP contribution in [-0.4, -0.2) is 40.8 Å². The Labute approximate surface area is 154 Å². The van der Waals surface area contributed by atoms with Gasteiger partial charge < -0.3 is 14.9 Å². The third kappa shape index (κ3) is 2.10. The number of rotatable bonds is 1. The van der Waals surface area contributed by atoms with Crippen molar-refractivity contribution in [3.05, 3.63) is 11.6 Å². The topological polar surface area (TPSA) is 83.8 Å². The Kier molecular flexibility index (Phi) is 3.95. The zero-order chi connectivity index (χ0) is 18.9. The van der Waals surface area contributed by atoms with Gasteiger partial charge in [-0.15, -0.1) is 0 Å². The number of ether oxygens (including phenoxy) is 1. The Hall–Kier alpha value is -1.20. The molecule has 0 aromatic rings. The largest absolute Gasteiger partial charge is 0.467 e. The highest BCUT2D eigenvalue weighted by molar-refractivity contribution is 5.91. The van der Waals surface area contributed by atoms with Gasteiger partial charge in [-0.25, -0.2) is 4.79 Å². The molecule has 144 valence electrons. The minimum Gasteiger partial charge on any atom is -0.467 e. The molecular formula is C21H30O5. The Bertz CT molecular complexity index is 684. The summed E-state index contributed by atoms with van der Waals surface area (Å²) >= 11 is 0. The molecule has 3 unspecified atom stereocenters. The van der Waals surface area contributed by atoms with E-state index in [-0.39, 0.29) is 29.0 Å². The first kappa shape index (κ1) is 18.2. The van der Waals surface area contributed by atoms with E-state index in [1.54, 1.807) is 0 Å². The van der Waals surface area contributed by atoms with Crippen LogP contribution in [0.25, 0.3) is 0 Å². The first-order valence-corrected chi connectivity index (χ1v) is 9.90. The van der Waals surface area contributed by atoms with E-state index in [2.05, 4.69) is 6.92 Å². The van der Waals surface area contributed by atoms with Crippen molar-refractivity contribution in [1.82, 2.24) is 0 Å². The molecule has 3 fully saturated rings. The summed E-state index contributed by atoms with van der Waals surface area (Å²) in [4.78, 5) is 24.3. The molecule has 0 aromatic heterocycles. The van der Waals surface area contributed by atoms with Crippen LogP contribution in [0, 0.1) is 28.6 Å². The summed E-state index contributed by atoms with van der Waals surface area (Å²) in [7, 11) is 1.32. The Morgan fingerprint density at radius 3 is 2.65 bits per heavy atom. The van der Waals surface area contributed by atoms with Crippen LogP contribution < -0.4 is 0 Å². The molecule has 3 saturated carbocycles. The van der Waals surface area contributed by atoms with Crippen molar-refractivity contribution >= 4 is 11.8 Å². The monoisotopic (exact) mass is 362 g/mol. The molecule has 0 aromatic carbocycles. The highest BCUT2D eigenvalue weighted by Crippen LogP contribution is 2.67. The van der Waals surface area contributed by atoms with Gasteiger partial charge in [-0.2, -0.15) is 0 Å². The summed E-state index contributed by atoms with van der Waals surface area (Å²) in [5.41, 5.74) is -1.14. The fraction of sp³-hybridized carbons (Fsp3) is 0.810. The lowest BCUT2D eigenvalue weighted by atomic mass is 9.45. The van der Waals surface area contributed by atoms with Crippen molar-refractivity contribution in [2.75, 3.05) is 7.11 Å². The maximum absolute atomic E-state index is 12.4. The summed E-state index contributed by atoms with van der Waals surface area (Å²) in [6.07, 6.45) is 5.94. The maximum Gasteiger partial charge on any atom is 0.338 e. The van der Waals surface area contributed by atoms with Crippen LogP contribution >= 0.6 is 0 Å². The average molecular weight is 362 g/mol. The number of esters is 1. The van der Waals surface area contributed by atoms with Crippen molar-refractivity contribution in [3.63, 3.8) is 0 Å². The average Bonchev–Trinajstić information content (AvgIpc) is 2.86. The number of carbonyl (C=O) groups excluding carboxylic acids is 2. The van der Waals surface area contributed by atoms with E-state index >= 15 is 0 Å². The molecule has 4 aliphatic rings. The second kappa shape index (κ2) is 5.65. The van der Waals surface area contributed by atoms with Crippen LogP contribution in [0.1, 0.15) is 58.8 Å². The van der Waals surface area contributed by atoms with Gasteiger partial charge in [0.1, 0.15) is 0 Å². The lowest BCUT2D eigenvalue weighted by Gasteiger charge is -2.60. The number of carbonyl (C=O) groups is 2. The number of allylic oxidation sites excluding steroid dienone is 1. The van der Waals surface area contributed by atoms with E-state index in [9.17, 15) is 19.8 Å². The van der Waals surface area contributed by atoms with Gasteiger partial charge in [0.05, 0.1) is 13.2 Å². The molecule has 4 aliphatic carbocycles. The molecule has 0 heterocycles. The highest BCUT2D eigenvalue weighted by atomic mass is 16.5. The Morgan fingerprint density at radius 1 is 1.23 bits per heavy atom. The van der Waals surface area contributed by atoms with Gasteiger partial charge in [0.25, 0.3) is 0 Å². The van der Waals surface area contributed by atoms with Crippen molar-refractivity contribution in [2.24, 2.45) is 28.6 Å². The van der Waals surface area contributed by atoms with Gasteiger partial charge in [0.15, 0.2) is 11.4 Å². The molecule has 5 nitrogen and oxygen atoms in total. The Morgan fingerprint density at radius 2 is 1.96 bits per heavy atom. The molecule has 0 aliphatic heterocycles. The number of methoxy groups -OCH3 is 1. The molecule has 0 radical (unpaired) electrons. The van der Waals surface area contributed by atoms with Gasteiger partial charge in [0.2, 0.25) is 0 Å². The van der Waals surface area contributed by atoms with Crippen LogP contribution in [0.2, 0.25) is 0 Å². The van der Waals surface area contributed by atoms with Crippen LogP contribution in [0.3, 0.4) is 0 Å². The predicted molar refractivity (Wildman–Crippen MR) is 95.1 cm³/mol. The molecule has 7 atom stereocenters. The second-order valence-electron chi connectivity index (χ2n) is 9.47. The minimum absolute atomic E-state index is 0.0914. The summed E-state index contributed by atoms with van der Waals surface area (Å²) < 4.78 is 4.92. The summed E-state index contributed by atoms with van der Waals surface area (Å²) in [5, 5.41) is 22.4. The molecule has 0 bridgehead atoms. The second-order valence-corrected chi connectivity index (χ2v) is 9.47. The van der Waals surface area contributed by atoms with Crippen molar-refractivity contribution in [3.8, 4) is 0 Å². The number of fused-ring (bicyclic) bond motifs is 5. The number of ketones is 1. The zero-order valence-electron chi connectivity index (χ0n) is 16.0. The molecular weight excluding hydrogens is 332 g/mol. The van der Waals surface area contributed by atoms with Gasteiger partial charge in [-0.05, 0) is 67.8 Å².